The largest absolute Gasteiger partial charge is 0.304 e. The molecule has 1 heterocycles. The van der Waals surface area contributed by atoms with Crippen LogP contribution in [-0.4, -0.2) is 21.9 Å². The van der Waals surface area contributed by atoms with Gasteiger partial charge in [-0.1, -0.05) is 35.9 Å². The number of hydrogen-bond donors (Lipinski definition) is 0. The number of rotatable bonds is 6. The molecule has 32 heavy (non-hydrogen) atoms. The maximum atomic E-state index is 12.9. The molecule has 0 N–H and O–H groups in total. The lowest BCUT2D eigenvalue weighted by Crippen LogP contribution is -2.34. The van der Waals surface area contributed by atoms with E-state index >= 15 is 0 Å². The number of halogens is 1. The molecular weight excluding hydrogens is 426 g/mol. The third kappa shape index (κ3) is 4.73. The Morgan fingerprint density at radius 1 is 1.06 bits per heavy atom. The fourth-order valence-corrected chi connectivity index (χ4v) is 4.40. The molecule has 0 bridgehead atoms. The van der Waals surface area contributed by atoms with Gasteiger partial charge < -0.3 is 4.57 Å². The van der Waals surface area contributed by atoms with Crippen LogP contribution in [0.5, 0.6) is 0 Å². The van der Waals surface area contributed by atoms with Crippen LogP contribution in [0.1, 0.15) is 48.4 Å². The molecule has 1 unspecified atom stereocenters. The lowest BCUT2D eigenvalue weighted by Gasteiger charge is -2.22. The highest BCUT2D eigenvalue weighted by molar-refractivity contribution is 6.31. The molecule has 0 amide bonds. The minimum Gasteiger partial charge on any atom is -0.304 e. The number of ketones is 3. The number of Topliss-reactive ketones (excluding diaryl/α,β-unsaturated/α-hetero) is 3. The van der Waals surface area contributed by atoms with E-state index in [-0.39, 0.29) is 29.3 Å². The van der Waals surface area contributed by atoms with Gasteiger partial charge in [0.15, 0.2) is 5.78 Å². The second kappa shape index (κ2) is 9.21. The van der Waals surface area contributed by atoms with E-state index in [0.29, 0.717) is 42.5 Å². The molecule has 0 spiro atoms. The number of pyridine rings is 1. The van der Waals surface area contributed by atoms with Crippen molar-refractivity contribution in [2.24, 2.45) is 0 Å². The van der Waals surface area contributed by atoms with Gasteiger partial charge in [-0.15, -0.1) is 0 Å². The molecule has 164 valence electrons. The van der Waals surface area contributed by atoms with Gasteiger partial charge in [-0.2, -0.15) is 0 Å². The van der Waals surface area contributed by atoms with Crippen LogP contribution in [0.4, 0.5) is 0 Å². The van der Waals surface area contributed by atoms with E-state index < -0.39 is 6.04 Å². The highest BCUT2D eigenvalue weighted by Crippen LogP contribution is 2.24. The van der Waals surface area contributed by atoms with Crippen LogP contribution in [0.3, 0.4) is 0 Å². The second-order valence-corrected chi connectivity index (χ2v) is 8.89. The Morgan fingerprint density at radius 3 is 2.59 bits per heavy atom. The number of carbonyl (C=O) groups is 3. The van der Waals surface area contributed by atoms with E-state index in [4.69, 9.17) is 11.6 Å². The van der Waals surface area contributed by atoms with Crippen LogP contribution in [0.15, 0.2) is 53.5 Å². The van der Waals surface area contributed by atoms with Crippen molar-refractivity contribution in [2.75, 3.05) is 0 Å². The monoisotopic (exact) mass is 449 g/mol. The minimum absolute atomic E-state index is 0.0644. The van der Waals surface area contributed by atoms with Crippen LogP contribution in [0.2, 0.25) is 5.02 Å². The van der Waals surface area contributed by atoms with Crippen molar-refractivity contribution in [3.8, 4) is 0 Å². The number of hydrogen-bond acceptors (Lipinski definition) is 4. The fourth-order valence-electron chi connectivity index (χ4n) is 4.28. The number of aromatic nitrogens is 1. The standard InChI is InChI=1S/C26H24ClNO4/c1-16-12-18(4-8-23(16)27)14-20(29)5-2-17-3-7-22-19(13-17)10-11-28(26(22)32)24-9-6-21(30)15-25(24)31/h3-4,7-8,10-13,24H,2,5-6,9,14-15H2,1H3. The number of fused-ring (bicyclic) bond motifs is 1. The predicted octanol–water partition coefficient (Wildman–Crippen LogP) is 4.57. The van der Waals surface area contributed by atoms with Crippen molar-refractivity contribution in [3.63, 3.8) is 0 Å². The topological polar surface area (TPSA) is 73.2 Å². The lowest BCUT2D eigenvalue weighted by molar-refractivity contribution is -0.132. The van der Waals surface area contributed by atoms with Crippen LogP contribution in [0, 0.1) is 6.92 Å². The van der Waals surface area contributed by atoms with E-state index in [0.717, 1.165) is 22.1 Å². The predicted molar refractivity (Wildman–Crippen MR) is 124 cm³/mol. The summed E-state index contributed by atoms with van der Waals surface area (Å²) in [6, 6.07) is 12.4. The second-order valence-electron chi connectivity index (χ2n) is 8.48. The average molecular weight is 450 g/mol. The summed E-state index contributed by atoms with van der Waals surface area (Å²) in [7, 11) is 0. The van der Waals surface area contributed by atoms with Gasteiger partial charge in [0.05, 0.1) is 12.5 Å². The van der Waals surface area contributed by atoms with E-state index in [1.165, 1.54) is 4.57 Å². The summed E-state index contributed by atoms with van der Waals surface area (Å²) < 4.78 is 1.45. The quantitative estimate of drug-likeness (QED) is 0.516. The normalized spacial score (nSPS) is 16.5. The van der Waals surface area contributed by atoms with Crippen molar-refractivity contribution in [3.05, 3.63) is 80.7 Å². The van der Waals surface area contributed by atoms with E-state index in [1.54, 1.807) is 12.3 Å². The Morgan fingerprint density at radius 2 is 1.84 bits per heavy atom. The molecule has 1 atom stereocenters. The molecule has 3 aromatic rings. The molecule has 2 aromatic carbocycles. The lowest BCUT2D eigenvalue weighted by atomic mass is 9.92. The summed E-state index contributed by atoms with van der Waals surface area (Å²) in [5.74, 6) is -0.119. The number of aryl methyl sites for hydroxylation is 2. The van der Waals surface area contributed by atoms with Gasteiger partial charge >= 0.3 is 0 Å². The van der Waals surface area contributed by atoms with Crippen LogP contribution in [0.25, 0.3) is 10.8 Å². The molecule has 1 aliphatic rings. The third-order valence-corrected chi connectivity index (χ3v) is 6.51. The highest BCUT2D eigenvalue weighted by Gasteiger charge is 2.29. The Labute approximate surface area is 191 Å². The van der Waals surface area contributed by atoms with Gasteiger partial charge in [-0.05, 0) is 60.0 Å². The SMILES string of the molecule is Cc1cc(CC(=O)CCc2ccc3c(=O)n(C4CCC(=O)CC4=O)ccc3c2)ccc1Cl. The van der Waals surface area contributed by atoms with Gasteiger partial charge in [-0.25, -0.2) is 0 Å². The van der Waals surface area contributed by atoms with Gasteiger partial charge in [0.1, 0.15) is 11.6 Å². The Balaban J connectivity index is 1.46. The van der Waals surface area contributed by atoms with Gasteiger partial charge in [0.25, 0.3) is 5.56 Å². The van der Waals surface area contributed by atoms with Crippen molar-refractivity contribution in [1.82, 2.24) is 4.57 Å². The molecule has 1 saturated carbocycles. The minimum atomic E-state index is -0.571. The van der Waals surface area contributed by atoms with Crippen LogP contribution in [-0.2, 0) is 27.2 Å². The van der Waals surface area contributed by atoms with Crippen LogP contribution >= 0.6 is 11.6 Å². The van der Waals surface area contributed by atoms with Crippen molar-refractivity contribution >= 4 is 39.7 Å². The molecule has 4 rings (SSSR count). The van der Waals surface area contributed by atoms with Gasteiger partial charge in [0, 0.05) is 35.9 Å². The van der Waals surface area contributed by atoms with Crippen molar-refractivity contribution in [1.29, 1.82) is 0 Å². The maximum absolute atomic E-state index is 12.9. The summed E-state index contributed by atoms with van der Waals surface area (Å²) in [5.41, 5.74) is 2.67. The summed E-state index contributed by atoms with van der Waals surface area (Å²) in [4.78, 5) is 49.1. The number of carbonyl (C=O) groups excluding carboxylic acids is 3. The molecule has 5 nitrogen and oxygen atoms in total. The molecule has 1 aromatic heterocycles. The maximum Gasteiger partial charge on any atom is 0.259 e. The van der Waals surface area contributed by atoms with E-state index in [9.17, 15) is 19.2 Å². The highest BCUT2D eigenvalue weighted by atomic mass is 35.5. The van der Waals surface area contributed by atoms with Crippen molar-refractivity contribution in [2.45, 2.75) is 51.5 Å². The Kier molecular flexibility index (Phi) is 6.38. The molecule has 1 fully saturated rings. The first kappa shape index (κ1) is 22.2. The number of nitrogens with zero attached hydrogens (tertiary/aromatic N) is 1. The first-order valence-corrected chi connectivity index (χ1v) is 11.1. The third-order valence-electron chi connectivity index (χ3n) is 6.09. The zero-order valence-corrected chi connectivity index (χ0v) is 18.7. The molecule has 0 saturated heterocycles. The van der Waals surface area contributed by atoms with Gasteiger partial charge in [-0.3, -0.25) is 19.2 Å². The molecular formula is C26H24ClNO4. The summed E-state index contributed by atoms with van der Waals surface area (Å²) in [6.45, 7) is 1.92. The molecule has 1 aliphatic carbocycles. The summed E-state index contributed by atoms with van der Waals surface area (Å²) in [6.07, 6.45) is 3.61. The smallest absolute Gasteiger partial charge is 0.259 e. The average Bonchev–Trinajstić information content (AvgIpc) is 2.76. The molecule has 6 heteroatoms. The molecule has 0 radical (unpaired) electrons. The van der Waals surface area contributed by atoms with E-state index in [1.807, 2.05) is 43.3 Å². The first-order valence-electron chi connectivity index (χ1n) is 10.8. The van der Waals surface area contributed by atoms with Gasteiger partial charge in [0.2, 0.25) is 0 Å². The molecule has 0 aliphatic heterocycles. The summed E-state index contributed by atoms with van der Waals surface area (Å²) >= 11 is 6.05. The Hall–Kier alpha value is -3.05. The Bertz CT molecular complexity index is 1290. The van der Waals surface area contributed by atoms with Crippen LogP contribution < -0.4 is 5.56 Å². The zero-order valence-electron chi connectivity index (χ0n) is 17.9. The first-order chi connectivity index (χ1) is 15.3. The zero-order chi connectivity index (χ0) is 22.8. The van der Waals surface area contributed by atoms with Crippen molar-refractivity contribution < 1.29 is 14.4 Å². The van der Waals surface area contributed by atoms with E-state index in [2.05, 4.69) is 0 Å². The summed E-state index contributed by atoms with van der Waals surface area (Å²) in [5, 5.41) is 2.01. The fraction of sp³-hybridized carbons (Fsp3) is 0.308. The number of benzene rings is 2.